The minimum absolute atomic E-state index is 0.0666. The van der Waals surface area contributed by atoms with E-state index in [4.69, 9.17) is 21.1 Å². The first-order valence-corrected chi connectivity index (χ1v) is 8.92. The van der Waals surface area contributed by atoms with E-state index in [-0.39, 0.29) is 12.8 Å². The maximum atomic E-state index is 6.63. The molecule has 0 spiro atoms. The van der Waals surface area contributed by atoms with E-state index >= 15 is 0 Å². The molecule has 0 radical (unpaired) electrons. The molecule has 134 valence electrons. The molecule has 0 fully saturated rings. The molecule has 5 rings (SSSR count). The molecule has 1 atom stereocenters. The van der Waals surface area contributed by atoms with Crippen molar-refractivity contribution in [2.75, 3.05) is 13.3 Å². The van der Waals surface area contributed by atoms with E-state index in [2.05, 4.69) is 24.8 Å². The molecule has 1 unspecified atom stereocenters. The largest absolute Gasteiger partial charge is 0.454 e. The summed E-state index contributed by atoms with van der Waals surface area (Å²) in [7, 11) is 0. The summed E-state index contributed by atoms with van der Waals surface area (Å²) in [5.41, 5.74) is 5.24. The third-order valence-corrected chi connectivity index (χ3v) is 5.43. The molecular weight excluding hydrogens is 354 g/mol. The first kappa shape index (κ1) is 15.7. The Balaban J connectivity index is 1.59. The summed E-state index contributed by atoms with van der Waals surface area (Å²) in [5.74, 6) is 1.41. The van der Waals surface area contributed by atoms with Crippen LogP contribution in [-0.2, 0) is 13.0 Å². The fourth-order valence-electron chi connectivity index (χ4n) is 3.72. The monoisotopic (exact) mass is 371 g/mol. The number of nitrogens with zero attached hydrogens (tertiary/aromatic N) is 3. The van der Waals surface area contributed by atoms with Gasteiger partial charge < -0.3 is 19.4 Å². The highest BCUT2D eigenvalue weighted by Gasteiger charge is 2.34. The number of rotatable bonds is 3. The topological polar surface area (TPSA) is 79.1 Å². The van der Waals surface area contributed by atoms with E-state index < -0.39 is 0 Å². The number of benzene rings is 1. The van der Waals surface area contributed by atoms with E-state index in [1.807, 2.05) is 19.1 Å². The van der Waals surface area contributed by atoms with Crippen LogP contribution in [0.25, 0.3) is 0 Å². The first-order chi connectivity index (χ1) is 12.7. The highest BCUT2D eigenvalue weighted by molar-refractivity contribution is 6.31. The molecule has 4 heterocycles. The van der Waals surface area contributed by atoms with E-state index in [0.29, 0.717) is 10.8 Å². The number of imidazole rings is 2. The highest BCUT2D eigenvalue weighted by Crippen LogP contribution is 2.43. The summed E-state index contributed by atoms with van der Waals surface area (Å²) in [4.78, 5) is 17.8. The summed E-state index contributed by atoms with van der Waals surface area (Å²) < 4.78 is 11.0. The van der Waals surface area contributed by atoms with Crippen LogP contribution in [0.4, 0.5) is 0 Å². The number of nitrogens with one attached hydrogen (secondary N) is 2. The van der Waals surface area contributed by atoms with Gasteiger partial charge in [0.15, 0.2) is 11.5 Å². The van der Waals surface area contributed by atoms with Crippen LogP contribution in [0.3, 0.4) is 0 Å². The third kappa shape index (κ3) is 2.47. The maximum absolute atomic E-state index is 6.63. The van der Waals surface area contributed by atoms with Crippen LogP contribution in [0.2, 0.25) is 5.02 Å². The van der Waals surface area contributed by atoms with Gasteiger partial charge in [-0.15, -0.1) is 0 Å². The molecule has 8 heteroatoms. The van der Waals surface area contributed by atoms with Crippen molar-refractivity contribution in [1.29, 1.82) is 0 Å². The van der Waals surface area contributed by atoms with Crippen molar-refractivity contribution in [3.8, 4) is 11.5 Å². The van der Waals surface area contributed by atoms with Crippen molar-refractivity contribution < 1.29 is 9.47 Å². The van der Waals surface area contributed by atoms with E-state index in [1.54, 1.807) is 12.7 Å². The van der Waals surface area contributed by atoms with Gasteiger partial charge in [0.05, 0.1) is 30.1 Å². The molecule has 2 aromatic heterocycles. The second-order valence-electron chi connectivity index (χ2n) is 6.59. The molecule has 2 aliphatic heterocycles. The van der Waals surface area contributed by atoms with E-state index in [1.165, 1.54) is 0 Å². The molecule has 3 aromatic rings. The quantitative estimate of drug-likeness (QED) is 0.740. The number of aromatic nitrogens is 4. The molecule has 2 aliphatic rings. The fourth-order valence-corrected chi connectivity index (χ4v) is 3.98. The Morgan fingerprint density at radius 3 is 2.81 bits per heavy atom. The number of aryl methyl sites for hydroxylation is 1. The maximum Gasteiger partial charge on any atom is 0.231 e. The van der Waals surface area contributed by atoms with Gasteiger partial charge in [-0.25, -0.2) is 9.97 Å². The number of hydrogen-bond donors (Lipinski definition) is 2. The number of halogens is 1. The summed E-state index contributed by atoms with van der Waals surface area (Å²) in [6.07, 6.45) is 4.40. The Morgan fingerprint density at radius 1 is 1.19 bits per heavy atom. The fraction of sp³-hybridized carbons (Fsp3) is 0.333. The first-order valence-electron chi connectivity index (χ1n) is 8.55. The van der Waals surface area contributed by atoms with Gasteiger partial charge in [-0.2, -0.15) is 0 Å². The van der Waals surface area contributed by atoms with Crippen LogP contribution >= 0.6 is 11.6 Å². The predicted molar refractivity (Wildman–Crippen MR) is 95.4 cm³/mol. The molecule has 2 N–H and O–H groups in total. The van der Waals surface area contributed by atoms with Crippen molar-refractivity contribution in [3.05, 3.63) is 58.1 Å². The van der Waals surface area contributed by atoms with Gasteiger partial charge in [0.1, 0.15) is 0 Å². The Labute approximate surface area is 155 Å². The lowest BCUT2D eigenvalue weighted by atomic mass is 9.95. The number of hydrogen-bond acceptors (Lipinski definition) is 5. The SMILES string of the molecule is Cc1[nH]cnc1CN1CCc2[nH]cnc2C1c1cc2c(cc1Cl)OCO2. The summed E-state index contributed by atoms with van der Waals surface area (Å²) in [6.45, 7) is 3.87. The molecule has 0 aliphatic carbocycles. The van der Waals surface area contributed by atoms with E-state index in [9.17, 15) is 0 Å². The van der Waals surface area contributed by atoms with Gasteiger partial charge in [0, 0.05) is 42.0 Å². The van der Waals surface area contributed by atoms with Crippen LogP contribution in [0, 0.1) is 6.92 Å². The Bertz CT molecular complexity index is 966. The third-order valence-electron chi connectivity index (χ3n) is 5.10. The normalized spacial score (nSPS) is 18.9. The van der Waals surface area contributed by atoms with Gasteiger partial charge >= 0.3 is 0 Å². The zero-order valence-corrected chi connectivity index (χ0v) is 15.0. The average molecular weight is 372 g/mol. The lowest BCUT2D eigenvalue weighted by molar-refractivity contribution is 0.173. The number of ether oxygens (including phenoxy) is 2. The van der Waals surface area contributed by atoms with Crippen LogP contribution in [-0.4, -0.2) is 38.2 Å². The second kappa shape index (κ2) is 6.03. The summed E-state index contributed by atoms with van der Waals surface area (Å²) >= 11 is 6.63. The highest BCUT2D eigenvalue weighted by atomic mass is 35.5. The lowest BCUT2D eigenvalue weighted by Crippen LogP contribution is -2.36. The summed E-state index contributed by atoms with van der Waals surface area (Å²) in [5, 5.41) is 0.652. The predicted octanol–water partition coefficient (Wildman–Crippen LogP) is 2.97. The summed E-state index contributed by atoms with van der Waals surface area (Å²) in [6, 6.07) is 3.74. The van der Waals surface area contributed by atoms with Crippen molar-refractivity contribution in [2.45, 2.75) is 25.9 Å². The van der Waals surface area contributed by atoms with Crippen LogP contribution in [0.15, 0.2) is 24.8 Å². The van der Waals surface area contributed by atoms with Crippen molar-refractivity contribution in [3.63, 3.8) is 0 Å². The van der Waals surface area contributed by atoms with Gasteiger partial charge in [-0.1, -0.05) is 11.6 Å². The zero-order chi connectivity index (χ0) is 17.7. The average Bonchev–Trinajstić information content (AvgIpc) is 3.35. The zero-order valence-electron chi connectivity index (χ0n) is 14.3. The molecule has 26 heavy (non-hydrogen) atoms. The molecule has 7 nitrogen and oxygen atoms in total. The van der Waals surface area contributed by atoms with Gasteiger partial charge in [-0.3, -0.25) is 4.90 Å². The molecule has 0 amide bonds. The number of H-pyrrole nitrogens is 2. The molecule has 0 bridgehead atoms. The lowest BCUT2D eigenvalue weighted by Gasteiger charge is -2.35. The van der Waals surface area contributed by atoms with Gasteiger partial charge in [-0.05, 0) is 18.6 Å². The molecule has 0 saturated heterocycles. The molecule has 0 saturated carbocycles. The van der Waals surface area contributed by atoms with Gasteiger partial charge in [0.2, 0.25) is 6.79 Å². The van der Waals surface area contributed by atoms with Crippen molar-refractivity contribution in [2.24, 2.45) is 0 Å². The standard InChI is InChI=1S/C18H18ClN5O2/c1-10-14(22-7-20-10)6-24-3-2-13-17(23-8-21-13)18(24)11-4-15-16(5-12(11)19)26-9-25-15/h4-5,7-8,18H,2-3,6,9H2,1H3,(H,20,22)(H,21,23). The minimum atomic E-state index is -0.0666. The Hall–Kier alpha value is -2.51. The van der Waals surface area contributed by atoms with Crippen LogP contribution in [0.5, 0.6) is 11.5 Å². The number of fused-ring (bicyclic) bond motifs is 2. The Kier molecular flexibility index (Phi) is 3.65. The second-order valence-corrected chi connectivity index (χ2v) is 7.00. The van der Waals surface area contributed by atoms with Crippen LogP contribution in [0.1, 0.15) is 34.4 Å². The van der Waals surface area contributed by atoms with Crippen LogP contribution < -0.4 is 9.47 Å². The van der Waals surface area contributed by atoms with E-state index in [0.717, 1.165) is 53.6 Å². The Morgan fingerprint density at radius 2 is 2.00 bits per heavy atom. The van der Waals surface area contributed by atoms with Crippen molar-refractivity contribution >= 4 is 11.6 Å². The smallest absolute Gasteiger partial charge is 0.231 e. The number of aromatic amines is 2. The minimum Gasteiger partial charge on any atom is -0.454 e. The molecular formula is C18H18ClN5O2. The molecule has 1 aromatic carbocycles. The van der Waals surface area contributed by atoms with Gasteiger partial charge in [0.25, 0.3) is 0 Å². The van der Waals surface area contributed by atoms with Crippen molar-refractivity contribution in [1.82, 2.24) is 24.8 Å².